The third-order valence-electron chi connectivity index (χ3n) is 4.92. The number of ether oxygens (including phenoxy) is 2. The van der Waals surface area contributed by atoms with Gasteiger partial charge in [0, 0.05) is 44.1 Å². The van der Waals surface area contributed by atoms with Crippen LogP contribution in [0.4, 0.5) is 0 Å². The highest BCUT2D eigenvalue weighted by atomic mass is 16.5. The molecule has 2 aromatic rings. The van der Waals surface area contributed by atoms with E-state index in [-0.39, 0.29) is 5.60 Å². The third-order valence-corrected chi connectivity index (χ3v) is 4.92. The Balaban J connectivity index is 1.26. The van der Waals surface area contributed by atoms with Crippen molar-refractivity contribution in [3.8, 4) is 5.88 Å². The van der Waals surface area contributed by atoms with E-state index in [9.17, 15) is 0 Å². The largest absolute Gasteiger partial charge is 0.478 e. The van der Waals surface area contributed by atoms with Crippen LogP contribution in [-0.4, -0.2) is 41.8 Å². The predicted molar refractivity (Wildman–Crippen MR) is 85.1 cm³/mol. The van der Waals surface area contributed by atoms with Crippen LogP contribution < -0.4 is 4.74 Å². The lowest BCUT2D eigenvalue weighted by Crippen LogP contribution is -2.64. The highest BCUT2D eigenvalue weighted by Crippen LogP contribution is 2.42. The van der Waals surface area contributed by atoms with Crippen molar-refractivity contribution in [2.45, 2.75) is 25.0 Å². The molecule has 4 heterocycles. The molecule has 2 aliphatic rings. The molecule has 1 atom stereocenters. The normalized spacial score (nSPS) is 23.0. The Bertz CT molecular complexity index is 608. The van der Waals surface area contributed by atoms with E-state index < -0.39 is 0 Å². The van der Waals surface area contributed by atoms with E-state index in [2.05, 4.69) is 9.88 Å². The van der Waals surface area contributed by atoms with Gasteiger partial charge in [0.25, 0.3) is 0 Å². The SMILES string of the molecule is c1ccc(OCC[C@H]2CCOC23CN(Cc2ccoc2)C3)nc1. The number of aromatic nitrogens is 1. The lowest BCUT2D eigenvalue weighted by molar-refractivity contribution is -0.138. The third kappa shape index (κ3) is 3.12. The van der Waals surface area contributed by atoms with Crippen LogP contribution in [0.25, 0.3) is 0 Å². The number of hydrogen-bond acceptors (Lipinski definition) is 5. The zero-order valence-electron chi connectivity index (χ0n) is 13.2. The summed E-state index contributed by atoms with van der Waals surface area (Å²) in [6.45, 7) is 4.53. The summed E-state index contributed by atoms with van der Waals surface area (Å²) in [6.07, 6.45) is 7.46. The van der Waals surface area contributed by atoms with Gasteiger partial charge in [-0.3, -0.25) is 4.90 Å². The second-order valence-electron chi connectivity index (χ2n) is 6.48. The van der Waals surface area contributed by atoms with Crippen molar-refractivity contribution in [2.75, 3.05) is 26.3 Å². The van der Waals surface area contributed by atoms with Crippen molar-refractivity contribution in [3.63, 3.8) is 0 Å². The summed E-state index contributed by atoms with van der Waals surface area (Å²) in [5.74, 6) is 1.28. The van der Waals surface area contributed by atoms with E-state index in [0.29, 0.717) is 18.4 Å². The first-order chi connectivity index (χ1) is 11.3. The topological polar surface area (TPSA) is 47.7 Å². The molecule has 0 unspecified atom stereocenters. The number of rotatable bonds is 6. The average molecular weight is 314 g/mol. The van der Waals surface area contributed by atoms with E-state index in [1.54, 1.807) is 12.5 Å². The standard InChI is InChI=1S/C18H22N2O3/c1-2-7-19-17(3-1)22-9-5-16-6-10-23-18(16)13-20(14-18)11-15-4-8-21-12-15/h1-4,7-8,12,16H,5-6,9-11,13-14H2/t16-/m0/s1. The Kier molecular flexibility index (Phi) is 4.06. The average Bonchev–Trinajstić information content (AvgIpc) is 3.18. The number of furan rings is 1. The zero-order chi connectivity index (χ0) is 15.5. The molecule has 2 saturated heterocycles. The fraction of sp³-hybridized carbons (Fsp3) is 0.500. The Morgan fingerprint density at radius 3 is 3.04 bits per heavy atom. The van der Waals surface area contributed by atoms with Crippen molar-refractivity contribution in [1.82, 2.24) is 9.88 Å². The van der Waals surface area contributed by atoms with Crippen LogP contribution in [0.5, 0.6) is 5.88 Å². The lowest BCUT2D eigenvalue weighted by Gasteiger charge is -2.50. The molecule has 2 aromatic heterocycles. The minimum Gasteiger partial charge on any atom is -0.478 e. The second kappa shape index (κ2) is 6.34. The fourth-order valence-corrected chi connectivity index (χ4v) is 3.74. The van der Waals surface area contributed by atoms with Gasteiger partial charge < -0.3 is 13.9 Å². The van der Waals surface area contributed by atoms with E-state index in [0.717, 1.165) is 39.1 Å². The van der Waals surface area contributed by atoms with Gasteiger partial charge in [-0.25, -0.2) is 4.98 Å². The molecular formula is C18H22N2O3. The molecular weight excluding hydrogens is 292 g/mol. The first-order valence-electron chi connectivity index (χ1n) is 8.25. The molecule has 2 aliphatic heterocycles. The van der Waals surface area contributed by atoms with Crippen LogP contribution in [-0.2, 0) is 11.3 Å². The summed E-state index contributed by atoms with van der Waals surface area (Å²) in [5.41, 5.74) is 1.27. The van der Waals surface area contributed by atoms with E-state index in [1.165, 1.54) is 5.56 Å². The molecule has 0 N–H and O–H groups in total. The van der Waals surface area contributed by atoms with Gasteiger partial charge in [-0.05, 0) is 30.9 Å². The molecule has 0 saturated carbocycles. The smallest absolute Gasteiger partial charge is 0.213 e. The molecule has 122 valence electrons. The number of pyridine rings is 1. The van der Waals surface area contributed by atoms with Crippen LogP contribution >= 0.6 is 0 Å². The summed E-state index contributed by atoms with van der Waals surface area (Å²) < 4.78 is 17.0. The highest BCUT2D eigenvalue weighted by molar-refractivity contribution is 5.11. The highest BCUT2D eigenvalue weighted by Gasteiger charge is 2.52. The van der Waals surface area contributed by atoms with Crippen LogP contribution in [0.3, 0.4) is 0 Å². The second-order valence-corrected chi connectivity index (χ2v) is 6.48. The van der Waals surface area contributed by atoms with Crippen molar-refractivity contribution >= 4 is 0 Å². The van der Waals surface area contributed by atoms with Crippen molar-refractivity contribution in [3.05, 3.63) is 48.6 Å². The number of likely N-dealkylation sites (tertiary alicyclic amines) is 1. The molecule has 0 aromatic carbocycles. The Morgan fingerprint density at radius 1 is 1.30 bits per heavy atom. The summed E-state index contributed by atoms with van der Waals surface area (Å²) in [5, 5.41) is 0. The Morgan fingerprint density at radius 2 is 2.26 bits per heavy atom. The molecule has 4 rings (SSSR count). The van der Waals surface area contributed by atoms with Gasteiger partial charge in [0.15, 0.2) is 0 Å². The van der Waals surface area contributed by atoms with Gasteiger partial charge in [-0.2, -0.15) is 0 Å². The van der Waals surface area contributed by atoms with Crippen LogP contribution in [0, 0.1) is 5.92 Å². The van der Waals surface area contributed by atoms with Crippen molar-refractivity contribution < 1.29 is 13.9 Å². The molecule has 1 spiro atoms. The maximum absolute atomic E-state index is 6.10. The molecule has 0 radical (unpaired) electrons. The molecule has 0 bridgehead atoms. The van der Waals surface area contributed by atoms with Gasteiger partial charge in [-0.15, -0.1) is 0 Å². The summed E-state index contributed by atoms with van der Waals surface area (Å²) in [4.78, 5) is 6.62. The maximum atomic E-state index is 6.10. The summed E-state index contributed by atoms with van der Waals surface area (Å²) >= 11 is 0. The van der Waals surface area contributed by atoms with Gasteiger partial charge in [-0.1, -0.05) is 6.07 Å². The minimum absolute atomic E-state index is 0.0389. The molecule has 23 heavy (non-hydrogen) atoms. The Hall–Kier alpha value is -1.85. The molecule has 0 amide bonds. The van der Waals surface area contributed by atoms with Crippen LogP contribution in [0.1, 0.15) is 18.4 Å². The summed E-state index contributed by atoms with van der Waals surface area (Å²) in [6, 6.07) is 7.77. The molecule has 2 fully saturated rings. The quantitative estimate of drug-likeness (QED) is 0.820. The van der Waals surface area contributed by atoms with Crippen molar-refractivity contribution in [2.24, 2.45) is 5.92 Å². The first-order valence-corrected chi connectivity index (χ1v) is 8.25. The van der Waals surface area contributed by atoms with Gasteiger partial charge in [0.1, 0.15) is 0 Å². The van der Waals surface area contributed by atoms with Crippen molar-refractivity contribution in [1.29, 1.82) is 0 Å². The minimum atomic E-state index is 0.0389. The van der Waals surface area contributed by atoms with Crippen LogP contribution in [0.15, 0.2) is 47.4 Å². The van der Waals surface area contributed by atoms with Gasteiger partial charge in [0.05, 0.1) is 24.7 Å². The van der Waals surface area contributed by atoms with E-state index >= 15 is 0 Å². The maximum Gasteiger partial charge on any atom is 0.213 e. The molecule has 5 nitrogen and oxygen atoms in total. The fourth-order valence-electron chi connectivity index (χ4n) is 3.74. The van der Waals surface area contributed by atoms with Gasteiger partial charge in [0.2, 0.25) is 5.88 Å². The van der Waals surface area contributed by atoms with E-state index in [4.69, 9.17) is 13.9 Å². The summed E-state index contributed by atoms with van der Waals surface area (Å²) in [7, 11) is 0. The molecule has 0 aliphatic carbocycles. The number of nitrogens with zero attached hydrogens (tertiary/aromatic N) is 2. The monoisotopic (exact) mass is 314 g/mol. The van der Waals surface area contributed by atoms with Crippen LogP contribution in [0.2, 0.25) is 0 Å². The predicted octanol–water partition coefficient (Wildman–Crippen LogP) is 2.73. The lowest BCUT2D eigenvalue weighted by atomic mass is 9.79. The van der Waals surface area contributed by atoms with Gasteiger partial charge >= 0.3 is 0 Å². The zero-order valence-corrected chi connectivity index (χ0v) is 13.2. The number of hydrogen-bond donors (Lipinski definition) is 0. The van der Waals surface area contributed by atoms with E-state index in [1.807, 2.05) is 30.5 Å². The first kappa shape index (κ1) is 14.7. The molecule has 5 heteroatoms. The Labute approximate surface area is 136 Å².